The summed E-state index contributed by atoms with van der Waals surface area (Å²) >= 11 is 0. The standard InChI is InChI=1S/C19H26N2O2/c22-18-19(15-20(12-13-23-19)14-16-8-9-16)10-4-5-11-21(18)17-6-2-1-3-7-17/h1-3,6-7,16H,4-5,8-15H2. The van der Waals surface area contributed by atoms with Crippen LogP contribution in [-0.2, 0) is 9.53 Å². The number of hydrogen-bond acceptors (Lipinski definition) is 3. The van der Waals surface area contributed by atoms with Crippen LogP contribution in [0.4, 0.5) is 5.69 Å². The fraction of sp³-hybridized carbons (Fsp3) is 0.632. The normalized spacial score (nSPS) is 29.7. The van der Waals surface area contributed by atoms with Crippen LogP contribution in [0.15, 0.2) is 30.3 Å². The van der Waals surface area contributed by atoms with Gasteiger partial charge in [0.05, 0.1) is 6.61 Å². The summed E-state index contributed by atoms with van der Waals surface area (Å²) in [6.45, 7) is 4.37. The van der Waals surface area contributed by atoms with Crippen LogP contribution >= 0.6 is 0 Å². The van der Waals surface area contributed by atoms with E-state index in [0.29, 0.717) is 6.61 Å². The van der Waals surface area contributed by atoms with Crippen LogP contribution in [-0.4, -0.2) is 49.2 Å². The summed E-state index contributed by atoms with van der Waals surface area (Å²) in [6, 6.07) is 10.1. The van der Waals surface area contributed by atoms with Gasteiger partial charge in [-0.2, -0.15) is 0 Å². The Morgan fingerprint density at radius 2 is 1.96 bits per heavy atom. The molecule has 2 aliphatic heterocycles. The molecule has 2 saturated heterocycles. The largest absolute Gasteiger partial charge is 0.362 e. The lowest BCUT2D eigenvalue weighted by Gasteiger charge is -2.42. The van der Waals surface area contributed by atoms with Crippen molar-refractivity contribution >= 4 is 11.6 Å². The fourth-order valence-electron chi connectivity index (χ4n) is 3.95. The highest BCUT2D eigenvalue weighted by atomic mass is 16.5. The molecule has 1 aromatic carbocycles. The van der Waals surface area contributed by atoms with Crippen molar-refractivity contribution < 1.29 is 9.53 Å². The molecule has 0 aromatic heterocycles. The third-order valence-corrected chi connectivity index (χ3v) is 5.39. The molecule has 1 unspecified atom stereocenters. The third-order valence-electron chi connectivity index (χ3n) is 5.39. The minimum atomic E-state index is -0.626. The first-order valence-corrected chi connectivity index (χ1v) is 9.00. The van der Waals surface area contributed by atoms with Gasteiger partial charge < -0.3 is 9.64 Å². The first-order valence-electron chi connectivity index (χ1n) is 9.00. The molecule has 4 nitrogen and oxygen atoms in total. The Morgan fingerprint density at radius 3 is 2.74 bits per heavy atom. The maximum atomic E-state index is 13.3. The second-order valence-corrected chi connectivity index (χ2v) is 7.27. The summed E-state index contributed by atoms with van der Waals surface area (Å²) in [6.07, 6.45) is 5.68. The van der Waals surface area contributed by atoms with Gasteiger partial charge in [0, 0.05) is 31.9 Å². The molecule has 1 atom stereocenters. The quantitative estimate of drug-likeness (QED) is 0.860. The summed E-state index contributed by atoms with van der Waals surface area (Å²) in [7, 11) is 0. The Kier molecular flexibility index (Phi) is 4.12. The Labute approximate surface area is 138 Å². The van der Waals surface area contributed by atoms with Crippen LogP contribution < -0.4 is 4.90 Å². The van der Waals surface area contributed by atoms with Crippen LogP contribution in [0.1, 0.15) is 32.1 Å². The highest BCUT2D eigenvalue weighted by Gasteiger charge is 2.47. The number of amides is 1. The molecule has 1 aliphatic carbocycles. The van der Waals surface area contributed by atoms with Gasteiger partial charge in [-0.15, -0.1) is 0 Å². The Balaban J connectivity index is 1.57. The van der Waals surface area contributed by atoms with E-state index in [1.807, 2.05) is 35.2 Å². The highest BCUT2D eigenvalue weighted by Crippen LogP contribution is 2.35. The molecule has 3 aliphatic rings. The molecule has 1 saturated carbocycles. The molecule has 4 rings (SSSR count). The number of nitrogens with zero attached hydrogens (tertiary/aromatic N) is 2. The van der Waals surface area contributed by atoms with E-state index in [9.17, 15) is 4.79 Å². The molecule has 1 amide bonds. The van der Waals surface area contributed by atoms with Gasteiger partial charge in [-0.05, 0) is 50.2 Å². The van der Waals surface area contributed by atoms with E-state index in [2.05, 4.69) is 4.90 Å². The number of benzene rings is 1. The van der Waals surface area contributed by atoms with Crippen molar-refractivity contribution in [3.05, 3.63) is 30.3 Å². The van der Waals surface area contributed by atoms with Crippen molar-refractivity contribution in [2.75, 3.05) is 37.7 Å². The van der Waals surface area contributed by atoms with Crippen molar-refractivity contribution in [1.29, 1.82) is 0 Å². The summed E-state index contributed by atoms with van der Waals surface area (Å²) < 4.78 is 6.15. The van der Waals surface area contributed by atoms with Crippen LogP contribution in [0.25, 0.3) is 0 Å². The zero-order valence-corrected chi connectivity index (χ0v) is 13.7. The van der Waals surface area contributed by atoms with Gasteiger partial charge in [0.1, 0.15) is 0 Å². The monoisotopic (exact) mass is 314 g/mol. The topological polar surface area (TPSA) is 32.8 Å². The minimum Gasteiger partial charge on any atom is -0.362 e. The molecular weight excluding hydrogens is 288 g/mol. The van der Waals surface area contributed by atoms with Crippen LogP contribution in [0.3, 0.4) is 0 Å². The number of hydrogen-bond donors (Lipinski definition) is 0. The van der Waals surface area contributed by atoms with Crippen LogP contribution in [0.5, 0.6) is 0 Å². The lowest BCUT2D eigenvalue weighted by molar-refractivity contribution is -0.158. The molecule has 124 valence electrons. The third kappa shape index (κ3) is 3.15. The lowest BCUT2D eigenvalue weighted by Crippen LogP contribution is -2.60. The van der Waals surface area contributed by atoms with E-state index in [-0.39, 0.29) is 5.91 Å². The molecule has 1 aromatic rings. The molecule has 0 N–H and O–H groups in total. The molecule has 4 heteroatoms. The molecule has 0 radical (unpaired) electrons. The summed E-state index contributed by atoms with van der Waals surface area (Å²) in [5.41, 5.74) is 0.376. The lowest BCUT2D eigenvalue weighted by atomic mass is 9.94. The van der Waals surface area contributed by atoms with Crippen molar-refractivity contribution in [2.45, 2.75) is 37.7 Å². The number of anilines is 1. The molecular formula is C19H26N2O2. The molecule has 3 fully saturated rings. The van der Waals surface area contributed by atoms with Gasteiger partial charge in [0.25, 0.3) is 5.91 Å². The summed E-state index contributed by atoms with van der Waals surface area (Å²) in [4.78, 5) is 17.8. The van der Waals surface area contributed by atoms with Gasteiger partial charge in [-0.1, -0.05) is 18.2 Å². The van der Waals surface area contributed by atoms with Crippen molar-refractivity contribution in [3.63, 3.8) is 0 Å². The number of carbonyl (C=O) groups excluding carboxylic acids is 1. The second kappa shape index (κ2) is 6.25. The van der Waals surface area contributed by atoms with Crippen LogP contribution in [0.2, 0.25) is 0 Å². The van der Waals surface area contributed by atoms with Gasteiger partial charge in [-0.3, -0.25) is 9.69 Å². The van der Waals surface area contributed by atoms with E-state index < -0.39 is 5.60 Å². The molecule has 2 heterocycles. The number of ether oxygens (including phenoxy) is 1. The zero-order valence-electron chi connectivity index (χ0n) is 13.7. The number of rotatable bonds is 3. The van der Waals surface area contributed by atoms with Gasteiger partial charge >= 0.3 is 0 Å². The van der Waals surface area contributed by atoms with E-state index in [1.54, 1.807) is 0 Å². The summed E-state index contributed by atoms with van der Waals surface area (Å²) in [5, 5.41) is 0. The number of morpholine rings is 1. The summed E-state index contributed by atoms with van der Waals surface area (Å²) in [5.74, 6) is 1.03. The van der Waals surface area contributed by atoms with E-state index >= 15 is 0 Å². The second-order valence-electron chi connectivity index (χ2n) is 7.27. The van der Waals surface area contributed by atoms with Crippen molar-refractivity contribution in [2.24, 2.45) is 5.92 Å². The maximum absolute atomic E-state index is 13.3. The highest BCUT2D eigenvalue weighted by molar-refractivity contribution is 6.00. The van der Waals surface area contributed by atoms with E-state index in [4.69, 9.17) is 4.74 Å². The number of carbonyl (C=O) groups is 1. The SMILES string of the molecule is O=C1N(c2ccccc2)CCCCC12CN(CC1CC1)CCO2. The average molecular weight is 314 g/mol. The van der Waals surface area contributed by atoms with Crippen molar-refractivity contribution in [3.8, 4) is 0 Å². The molecule has 23 heavy (non-hydrogen) atoms. The predicted molar refractivity (Wildman–Crippen MR) is 90.5 cm³/mol. The maximum Gasteiger partial charge on any atom is 0.260 e. The van der Waals surface area contributed by atoms with Gasteiger partial charge in [-0.25, -0.2) is 0 Å². The molecule has 1 spiro atoms. The number of para-hydroxylation sites is 1. The van der Waals surface area contributed by atoms with E-state index in [1.165, 1.54) is 12.8 Å². The Morgan fingerprint density at radius 1 is 1.13 bits per heavy atom. The van der Waals surface area contributed by atoms with Gasteiger partial charge in [0.15, 0.2) is 5.60 Å². The Hall–Kier alpha value is -1.39. The predicted octanol–water partition coefficient (Wildman–Crippen LogP) is 2.68. The average Bonchev–Trinajstić information content (AvgIpc) is 3.40. The molecule has 0 bridgehead atoms. The zero-order chi connectivity index (χ0) is 15.7. The Bertz CT molecular complexity index is 558. The first-order chi connectivity index (χ1) is 11.3. The van der Waals surface area contributed by atoms with E-state index in [0.717, 1.165) is 57.0 Å². The van der Waals surface area contributed by atoms with Crippen LogP contribution in [0, 0.1) is 5.92 Å². The minimum absolute atomic E-state index is 0.168. The van der Waals surface area contributed by atoms with Gasteiger partial charge in [0.2, 0.25) is 0 Å². The fourth-order valence-corrected chi connectivity index (χ4v) is 3.95. The first kappa shape index (κ1) is 15.2. The smallest absolute Gasteiger partial charge is 0.260 e. The van der Waals surface area contributed by atoms with Crippen molar-refractivity contribution in [1.82, 2.24) is 4.90 Å².